The molecule has 74 valence electrons. The van der Waals surface area contributed by atoms with Crippen LogP contribution in [0.25, 0.3) is 0 Å². The molecule has 0 aliphatic heterocycles. The van der Waals surface area contributed by atoms with Gasteiger partial charge in [-0.15, -0.1) is 0 Å². The van der Waals surface area contributed by atoms with Gasteiger partial charge in [0.15, 0.2) is 0 Å². The highest BCUT2D eigenvalue weighted by atomic mass is 14.8. The Kier molecular flexibility index (Phi) is 6.21. The van der Waals surface area contributed by atoms with Gasteiger partial charge in [0, 0.05) is 11.4 Å². The summed E-state index contributed by atoms with van der Waals surface area (Å²) in [5.74, 6) is 0.532. The molecule has 0 atom stereocenters. The van der Waals surface area contributed by atoms with Crippen LogP contribution >= 0.6 is 0 Å². The van der Waals surface area contributed by atoms with E-state index in [0.29, 0.717) is 5.92 Å². The first-order valence-electron chi connectivity index (χ1n) is 4.98. The zero-order valence-corrected chi connectivity index (χ0v) is 9.30. The van der Waals surface area contributed by atoms with E-state index < -0.39 is 0 Å². The maximum Gasteiger partial charge on any atom is 0.0402 e. The van der Waals surface area contributed by atoms with Crippen LogP contribution in [-0.2, 0) is 0 Å². The number of nitrogens with zero attached hydrogens (tertiary/aromatic N) is 1. The van der Waals surface area contributed by atoms with Gasteiger partial charge in [0.25, 0.3) is 0 Å². The number of hydrogen-bond donors (Lipinski definition) is 0. The first-order chi connectivity index (χ1) is 6.11. The summed E-state index contributed by atoms with van der Waals surface area (Å²) in [6, 6.07) is 0. The molecule has 1 heteroatoms. The number of hydrogen-bond acceptors (Lipinski definition) is 1. The van der Waals surface area contributed by atoms with E-state index >= 15 is 0 Å². The Bertz CT molecular complexity index is 209. The van der Waals surface area contributed by atoms with E-state index in [-0.39, 0.29) is 0 Å². The lowest BCUT2D eigenvalue weighted by Gasteiger charge is -2.05. The molecule has 0 unspecified atom stereocenters. The molecule has 0 heterocycles. The van der Waals surface area contributed by atoms with Crippen LogP contribution < -0.4 is 0 Å². The number of aliphatic imine (C=N–C) groups is 1. The van der Waals surface area contributed by atoms with E-state index in [9.17, 15) is 0 Å². The summed E-state index contributed by atoms with van der Waals surface area (Å²) in [6.07, 6.45) is 5.97. The van der Waals surface area contributed by atoms with Crippen molar-refractivity contribution < 1.29 is 0 Å². The summed E-state index contributed by atoms with van der Waals surface area (Å²) in [6.45, 7) is 12.3. The molecule has 0 bridgehead atoms. The maximum absolute atomic E-state index is 4.56. The molecule has 0 aliphatic carbocycles. The van der Waals surface area contributed by atoms with E-state index in [0.717, 1.165) is 18.5 Å². The highest BCUT2D eigenvalue weighted by Crippen LogP contribution is 2.09. The molecular formula is C12H21N. The zero-order valence-electron chi connectivity index (χ0n) is 9.30. The highest BCUT2D eigenvalue weighted by molar-refractivity contribution is 5.84. The van der Waals surface area contributed by atoms with Crippen LogP contribution in [0.3, 0.4) is 0 Å². The zero-order chi connectivity index (χ0) is 10.3. The Labute approximate surface area is 82.3 Å². The van der Waals surface area contributed by atoms with Crippen molar-refractivity contribution in [3.05, 3.63) is 24.4 Å². The van der Waals surface area contributed by atoms with Gasteiger partial charge in [-0.3, -0.25) is 4.99 Å². The quantitative estimate of drug-likeness (QED) is 0.447. The lowest BCUT2D eigenvalue weighted by molar-refractivity contribution is 0.852. The van der Waals surface area contributed by atoms with E-state index in [1.54, 1.807) is 0 Å². The summed E-state index contributed by atoms with van der Waals surface area (Å²) < 4.78 is 0. The van der Waals surface area contributed by atoms with Crippen molar-refractivity contribution in [2.75, 3.05) is 0 Å². The summed E-state index contributed by atoms with van der Waals surface area (Å²) >= 11 is 0. The Morgan fingerprint density at radius 2 is 2.08 bits per heavy atom. The van der Waals surface area contributed by atoms with Crippen LogP contribution in [0.15, 0.2) is 29.4 Å². The normalized spacial score (nSPS) is 13.6. The summed E-state index contributed by atoms with van der Waals surface area (Å²) in [7, 11) is 0. The number of allylic oxidation sites excluding steroid dienone is 3. The van der Waals surface area contributed by atoms with Crippen LogP contribution in [0.4, 0.5) is 0 Å². The van der Waals surface area contributed by atoms with Crippen molar-refractivity contribution in [1.29, 1.82) is 0 Å². The van der Waals surface area contributed by atoms with Gasteiger partial charge in [0.1, 0.15) is 0 Å². The molecule has 0 fully saturated rings. The molecule has 0 saturated carbocycles. The highest BCUT2D eigenvalue weighted by Gasteiger charge is 1.99. The molecule has 0 saturated heterocycles. The molecule has 0 amide bonds. The third-order valence-corrected chi connectivity index (χ3v) is 1.97. The molecule has 0 radical (unpaired) electrons. The second-order valence-electron chi connectivity index (χ2n) is 3.55. The molecule has 0 aromatic rings. The van der Waals surface area contributed by atoms with Crippen molar-refractivity contribution in [3.8, 4) is 0 Å². The van der Waals surface area contributed by atoms with Crippen LogP contribution in [0.2, 0.25) is 0 Å². The first-order valence-corrected chi connectivity index (χ1v) is 4.98. The Morgan fingerprint density at radius 1 is 1.46 bits per heavy atom. The Morgan fingerprint density at radius 3 is 2.46 bits per heavy atom. The lowest BCUT2D eigenvalue weighted by atomic mass is 10.1. The molecule has 1 nitrogen and oxygen atoms in total. The predicted octanol–water partition coefficient (Wildman–Crippen LogP) is 3.97. The molecule has 0 aromatic carbocycles. The molecule has 13 heavy (non-hydrogen) atoms. The fourth-order valence-corrected chi connectivity index (χ4v) is 0.924. The topological polar surface area (TPSA) is 12.4 Å². The molecule has 0 aliphatic rings. The van der Waals surface area contributed by atoms with E-state index in [2.05, 4.69) is 39.3 Å². The van der Waals surface area contributed by atoms with Crippen molar-refractivity contribution in [2.24, 2.45) is 10.9 Å². The molecule has 0 spiro atoms. The van der Waals surface area contributed by atoms with E-state index in [1.165, 1.54) is 5.71 Å². The molecule has 0 N–H and O–H groups in total. The van der Waals surface area contributed by atoms with Crippen molar-refractivity contribution in [3.63, 3.8) is 0 Å². The van der Waals surface area contributed by atoms with Crippen molar-refractivity contribution >= 4 is 5.71 Å². The minimum absolute atomic E-state index is 0.532. The lowest BCUT2D eigenvalue weighted by Crippen LogP contribution is -2.02. The molecule has 0 rings (SSSR count). The van der Waals surface area contributed by atoms with Gasteiger partial charge >= 0.3 is 0 Å². The molecular weight excluding hydrogens is 158 g/mol. The molecule has 0 aromatic heterocycles. The fourth-order valence-electron chi connectivity index (χ4n) is 0.924. The average Bonchev–Trinajstić information content (AvgIpc) is 2.05. The largest absolute Gasteiger partial charge is 0.262 e. The van der Waals surface area contributed by atoms with Gasteiger partial charge in [-0.05, 0) is 25.3 Å². The summed E-state index contributed by atoms with van der Waals surface area (Å²) in [5, 5.41) is 0. The second kappa shape index (κ2) is 6.64. The van der Waals surface area contributed by atoms with Crippen molar-refractivity contribution in [1.82, 2.24) is 0 Å². The fraction of sp³-hybridized carbons (Fsp3) is 0.583. The summed E-state index contributed by atoms with van der Waals surface area (Å²) in [4.78, 5) is 4.56. The average molecular weight is 179 g/mol. The van der Waals surface area contributed by atoms with Crippen molar-refractivity contribution in [2.45, 2.75) is 40.5 Å². The van der Waals surface area contributed by atoms with Crippen LogP contribution in [0, 0.1) is 5.92 Å². The van der Waals surface area contributed by atoms with Crippen LogP contribution in [0.1, 0.15) is 40.5 Å². The van der Waals surface area contributed by atoms with Gasteiger partial charge in [0.2, 0.25) is 0 Å². The van der Waals surface area contributed by atoms with Crippen LogP contribution in [0.5, 0.6) is 0 Å². The Balaban J connectivity index is 4.49. The monoisotopic (exact) mass is 179 g/mol. The minimum Gasteiger partial charge on any atom is -0.262 e. The van der Waals surface area contributed by atoms with Gasteiger partial charge in [0.05, 0.1) is 0 Å². The third kappa shape index (κ3) is 5.40. The Hall–Kier alpha value is -0.850. The SMILES string of the molecule is C=C/C=C(CCC)\N=C(/C)C(C)C. The van der Waals surface area contributed by atoms with Gasteiger partial charge in [-0.25, -0.2) is 0 Å². The second-order valence-corrected chi connectivity index (χ2v) is 3.55. The van der Waals surface area contributed by atoms with Gasteiger partial charge in [-0.1, -0.05) is 39.8 Å². The minimum atomic E-state index is 0.532. The third-order valence-electron chi connectivity index (χ3n) is 1.97. The van der Waals surface area contributed by atoms with Gasteiger partial charge in [-0.2, -0.15) is 0 Å². The van der Waals surface area contributed by atoms with Gasteiger partial charge < -0.3 is 0 Å². The van der Waals surface area contributed by atoms with E-state index in [4.69, 9.17) is 0 Å². The number of rotatable bonds is 5. The van der Waals surface area contributed by atoms with Crippen LogP contribution in [-0.4, -0.2) is 5.71 Å². The predicted molar refractivity (Wildman–Crippen MR) is 61.1 cm³/mol. The maximum atomic E-state index is 4.56. The standard InChI is InChI=1S/C12H21N/c1-6-8-12(9-7-2)13-11(5)10(3)4/h6,8,10H,1,7,9H2,2-5H3/b12-8-,13-11+. The van der Waals surface area contributed by atoms with E-state index in [1.807, 2.05) is 12.2 Å². The smallest absolute Gasteiger partial charge is 0.0402 e. The summed E-state index contributed by atoms with van der Waals surface area (Å²) in [5.41, 5.74) is 2.34. The first kappa shape index (κ1) is 12.2.